The highest BCUT2D eigenvalue weighted by molar-refractivity contribution is 6.01. The molecule has 152 valence electrons. The van der Waals surface area contributed by atoms with E-state index < -0.39 is 5.97 Å². The van der Waals surface area contributed by atoms with Gasteiger partial charge in [-0.1, -0.05) is 24.3 Å². The number of ether oxygens (including phenoxy) is 1. The Morgan fingerprint density at radius 1 is 1.07 bits per heavy atom. The van der Waals surface area contributed by atoms with Crippen molar-refractivity contribution < 1.29 is 23.5 Å². The van der Waals surface area contributed by atoms with Gasteiger partial charge >= 0.3 is 5.97 Å². The molecular weight excluding hydrogens is 375 g/mol. The van der Waals surface area contributed by atoms with Gasteiger partial charge in [-0.25, -0.2) is 9.18 Å². The Balaban J connectivity index is 1.54. The van der Waals surface area contributed by atoms with E-state index in [4.69, 9.17) is 4.74 Å². The number of hydrogen-bond acceptors (Lipinski definition) is 4. The Bertz CT molecular complexity index is 890. The van der Waals surface area contributed by atoms with Crippen molar-refractivity contribution in [2.24, 2.45) is 5.92 Å². The first-order chi connectivity index (χ1) is 14.0. The summed E-state index contributed by atoms with van der Waals surface area (Å²) in [5.41, 5.74) is 1.48. The van der Waals surface area contributed by atoms with Crippen LogP contribution < -0.4 is 5.32 Å². The van der Waals surface area contributed by atoms with E-state index in [2.05, 4.69) is 5.32 Å². The third-order valence-corrected chi connectivity index (χ3v) is 5.08. The molecule has 3 rings (SSSR count). The van der Waals surface area contributed by atoms with E-state index in [9.17, 15) is 18.8 Å². The lowest BCUT2D eigenvalue weighted by Gasteiger charge is -2.31. The molecule has 0 atom stereocenters. The summed E-state index contributed by atoms with van der Waals surface area (Å²) in [6.45, 7) is 0.966. The fraction of sp³-hybridized carbons (Fsp3) is 0.318. The third kappa shape index (κ3) is 5.19. The number of carbonyl (C=O) groups is 3. The largest absolute Gasteiger partial charge is 0.465 e. The Morgan fingerprint density at radius 3 is 2.38 bits per heavy atom. The molecule has 1 saturated heterocycles. The molecule has 0 radical (unpaired) electrons. The maximum Gasteiger partial charge on any atom is 0.339 e. The van der Waals surface area contributed by atoms with E-state index in [1.165, 1.54) is 19.2 Å². The van der Waals surface area contributed by atoms with E-state index in [0.717, 1.165) is 5.56 Å². The Hall–Kier alpha value is -3.22. The number of likely N-dealkylation sites (tertiary alicyclic amines) is 1. The fourth-order valence-corrected chi connectivity index (χ4v) is 3.39. The number of para-hydroxylation sites is 1. The van der Waals surface area contributed by atoms with Gasteiger partial charge in [-0.2, -0.15) is 0 Å². The summed E-state index contributed by atoms with van der Waals surface area (Å²) in [5, 5.41) is 2.81. The summed E-state index contributed by atoms with van der Waals surface area (Å²) in [6.07, 6.45) is 1.30. The Morgan fingerprint density at radius 2 is 1.72 bits per heavy atom. The van der Waals surface area contributed by atoms with Gasteiger partial charge in [0.05, 0.1) is 24.8 Å². The number of benzene rings is 2. The summed E-state index contributed by atoms with van der Waals surface area (Å²) in [6, 6.07) is 12.6. The molecule has 1 heterocycles. The number of nitrogens with zero attached hydrogens (tertiary/aromatic N) is 1. The van der Waals surface area contributed by atoms with E-state index in [0.29, 0.717) is 37.2 Å². The summed E-state index contributed by atoms with van der Waals surface area (Å²) in [5.74, 6) is -1.29. The molecule has 2 aromatic rings. The van der Waals surface area contributed by atoms with Gasteiger partial charge in [0.2, 0.25) is 11.8 Å². The normalized spacial score (nSPS) is 14.3. The number of carbonyl (C=O) groups excluding carboxylic acids is 3. The van der Waals surface area contributed by atoms with Crippen LogP contribution in [0.3, 0.4) is 0 Å². The van der Waals surface area contributed by atoms with Crippen molar-refractivity contribution >= 4 is 23.5 Å². The first kappa shape index (κ1) is 20.5. The average molecular weight is 398 g/mol. The second-order valence-corrected chi connectivity index (χ2v) is 6.98. The second-order valence-electron chi connectivity index (χ2n) is 6.98. The lowest BCUT2D eigenvalue weighted by molar-refractivity contribution is -0.133. The van der Waals surface area contributed by atoms with Gasteiger partial charge < -0.3 is 15.0 Å². The van der Waals surface area contributed by atoms with Crippen LogP contribution >= 0.6 is 0 Å². The van der Waals surface area contributed by atoms with Crippen LogP contribution in [-0.4, -0.2) is 42.9 Å². The van der Waals surface area contributed by atoms with Crippen LogP contribution in [0.2, 0.25) is 0 Å². The third-order valence-electron chi connectivity index (χ3n) is 5.08. The van der Waals surface area contributed by atoms with Crippen molar-refractivity contribution in [3.05, 3.63) is 65.5 Å². The van der Waals surface area contributed by atoms with E-state index >= 15 is 0 Å². The number of methoxy groups -OCH3 is 1. The molecule has 1 N–H and O–H groups in total. The average Bonchev–Trinajstić information content (AvgIpc) is 2.75. The summed E-state index contributed by atoms with van der Waals surface area (Å²) in [7, 11) is 1.29. The molecule has 6 nitrogen and oxygen atoms in total. The molecule has 29 heavy (non-hydrogen) atoms. The smallest absolute Gasteiger partial charge is 0.339 e. The number of halogens is 1. The number of amides is 2. The van der Waals surface area contributed by atoms with Gasteiger partial charge in [0, 0.05) is 19.0 Å². The van der Waals surface area contributed by atoms with Crippen molar-refractivity contribution in [3.63, 3.8) is 0 Å². The van der Waals surface area contributed by atoms with Gasteiger partial charge in [-0.3, -0.25) is 9.59 Å². The van der Waals surface area contributed by atoms with E-state index in [-0.39, 0.29) is 30.0 Å². The standard InChI is InChI=1S/C22H23FN2O4/c1-29-22(28)18-4-2-3-5-19(18)24-21(27)16-10-12-25(13-11-16)20(26)14-15-6-8-17(23)9-7-15/h2-9,16H,10-14H2,1H3,(H,24,27). The topological polar surface area (TPSA) is 75.7 Å². The van der Waals surface area contributed by atoms with Gasteiger partial charge in [0.1, 0.15) is 5.82 Å². The number of piperidine rings is 1. The zero-order valence-electron chi connectivity index (χ0n) is 16.2. The quantitative estimate of drug-likeness (QED) is 0.786. The van der Waals surface area contributed by atoms with Crippen LogP contribution in [0.5, 0.6) is 0 Å². The van der Waals surface area contributed by atoms with Crippen LogP contribution in [0.15, 0.2) is 48.5 Å². The first-order valence-electron chi connectivity index (χ1n) is 9.48. The first-order valence-corrected chi connectivity index (χ1v) is 9.48. The van der Waals surface area contributed by atoms with Crippen molar-refractivity contribution in [2.75, 3.05) is 25.5 Å². The molecule has 2 aromatic carbocycles. The van der Waals surface area contributed by atoms with Gasteiger partial charge in [0.25, 0.3) is 0 Å². The van der Waals surface area contributed by atoms with Crippen LogP contribution in [0.1, 0.15) is 28.8 Å². The molecule has 0 bridgehead atoms. The second kappa shape index (κ2) is 9.32. The van der Waals surface area contributed by atoms with E-state index in [1.54, 1.807) is 41.3 Å². The van der Waals surface area contributed by atoms with E-state index in [1.807, 2.05) is 0 Å². The number of anilines is 1. The molecule has 0 spiro atoms. The lowest BCUT2D eigenvalue weighted by atomic mass is 9.95. The number of esters is 1. The Labute approximate surface area is 168 Å². The van der Waals surface area contributed by atoms with Crippen molar-refractivity contribution in [3.8, 4) is 0 Å². The number of nitrogens with one attached hydrogen (secondary N) is 1. The highest BCUT2D eigenvalue weighted by Crippen LogP contribution is 2.22. The zero-order valence-corrected chi connectivity index (χ0v) is 16.2. The fourth-order valence-electron chi connectivity index (χ4n) is 3.39. The summed E-state index contributed by atoms with van der Waals surface area (Å²) >= 11 is 0. The maximum absolute atomic E-state index is 13.0. The summed E-state index contributed by atoms with van der Waals surface area (Å²) in [4.78, 5) is 38.7. The highest BCUT2D eigenvalue weighted by atomic mass is 19.1. The SMILES string of the molecule is COC(=O)c1ccccc1NC(=O)C1CCN(C(=O)Cc2ccc(F)cc2)CC1. The molecule has 2 amide bonds. The zero-order chi connectivity index (χ0) is 20.8. The van der Waals surface area contributed by atoms with Crippen molar-refractivity contribution in [1.29, 1.82) is 0 Å². The molecule has 1 aliphatic rings. The van der Waals surface area contributed by atoms with Crippen LogP contribution in [0.4, 0.5) is 10.1 Å². The van der Waals surface area contributed by atoms with Gasteiger partial charge in [0.15, 0.2) is 0 Å². The lowest BCUT2D eigenvalue weighted by Crippen LogP contribution is -2.42. The predicted molar refractivity (Wildman–Crippen MR) is 106 cm³/mol. The number of rotatable bonds is 5. The van der Waals surface area contributed by atoms with Gasteiger partial charge in [-0.05, 0) is 42.7 Å². The highest BCUT2D eigenvalue weighted by Gasteiger charge is 2.28. The van der Waals surface area contributed by atoms with Crippen LogP contribution in [0, 0.1) is 11.7 Å². The minimum Gasteiger partial charge on any atom is -0.465 e. The monoisotopic (exact) mass is 398 g/mol. The van der Waals surface area contributed by atoms with Crippen molar-refractivity contribution in [2.45, 2.75) is 19.3 Å². The molecule has 0 aliphatic carbocycles. The van der Waals surface area contributed by atoms with Crippen LogP contribution in [-0.2, 0) is 20.7 Å². The Kier molecular flexibility index (Phi) is 6.59. The van der Waals surface area contributed by atoms with Crippen LogP contribution in [0.25, 0.3) is 0 Å². The predicted octanol–water partition coefficient (Wildman–Crippen LogP) is 3.03. The molecule has 0 saturated carbocycles. The molecule has 0 aromatic heterocycles. The minimum absolute atomic E-state index is 0.0356. The van der Waals surface area contributed by atoms with Crippen molar-refractivity contribution in [1.82, 2.24) is 4.90 Å². The maximum atomic E-state index is 13.0. The van der Waals surface area contributed by atoms with Gasteiger partial charge in [-0.15, -0.1) is 0 Å². The minimum atomic E-state index is -0.512. The molecular formula is C22H23FN2O4. The molecule has 7 heteroatoms. The molecule has 1 aliphatic heterocycles. The molecule has 0 unspecified atom stereocenters. The molecule has 1 fully saturated rings. The number of hydrogen-bond donors (Lipinski definition) is 1. The summed E-state index contributed by atoms with van der Waals surface area (Å²) < 4.78 is 17.7.